The zero-order valence-corrected chi connectivity index (χ0v) is 12.7. The first-order valence-corrected chi connectivity index (χ1v) is 7.39. The average Bonchev–Trinajstić information content (AvgIpc) is 2.78. The molecule has 0 aliphatic heterocycles. The molecule has 0 aliphatic carbocycles. The highest BCUT2D eigenvalue weighted by atomic mass is 32.2. The Hall–Kier alpha value is -1.40. The van der Waals surface area contributed by atoms with E-state index in [1.807, 2.05) is 13.1 Å². The smallest absolute Gasteiger partial charge is 0.195 e. The van der Waals surface area contributed by atoms with Crippen LogP contribution in [0.3, 0.4) is 0 Å². The Balaban J connectivity index is 2.16. The highest BCUT2D eigenvalue weighted by Crippen LogP contribution is 2.31. The fourth-order valence-electron chi connectivity index (χ4n) is 1.76. The predicted molar refractivity (Wildman–Crippen MR) is 78.1 cm³/mol. The Kier molecular flexibility index (Phi) is 5.14. The molecule has 0 aliphatic rings. The summed E-state index contributed by atoms with van der Waals surface area (Å²) in [4.78, 5) is 0.611. The molecule has 4 nitrogen and oxygen atoms in total. The molecule has 1 aromatic heterocycles. The molecule has 0 unspecified atom stereocenters. The molecule has 20 heavy (non-hydrogen) atoms. The number of hydrogen-bond acceptors (Lipinski definition) is 4. The first-order chi connectivity index (χ1) is 9.58. The van der Waals surface area contributed by atoms with Crippen LogP contribution in [0.25, 0.3) is 0 Å². The lowest BCUT2D eigenvalue weighted by molar-refractivity contribution is 0.542. The van der Waals surface area contributed by atoms with E-state index in [4.69, 9.17) is 0 Å². The lowest BCUT2D eigenvalue weighted by atomic mass is 10.2. The summed E-state index contributed by atoms with van der Waals surface area (Å²) in [7, 11) is 1.85. The average molecular weight is 294 g/mol. The zero-order valence-electron chi connectivity index (χ0n) is 11.9. The van der Waals surface area contributed by atoms with E-state index in [2.05, 4.69) is 29.4 Å². The topological polar surface area (TPSA) is 42.7 Å². The Labute approximate surface area is 122 Å². The summed E-state index contributed by atoms with van der Waals surface area (Å²) >= 11 is 1.31. The maximum atomic E-state index is 14.1. The number of rotatable bonds is 6. The van der Waals surface area contributed by atoms with Gasteiger partial charge in [-0.25, -0.2) is 4.39 Å². The SMILES string of the molecule is CC(C)CNCc1cccc(F)c1Sc1nncn1C. The molecule has 0 bridgehead atoms. The van der Waals surface area contributed by atoms with Gasteiger partial charge in [-0.2, -0.15) is 0 Å². The molecule has 0 radical (unpaired) electrons. The Bertz CT molecular complexity index is 568. The monoisotopic (exact) mass is 294 g/mol. The molecule has 0 spiro atoms. The van der Waals surface area contributed by atoms with Gasteiger partial charge in [-0.15, -0.1) is 10.2 Å². The lowest BCUT2D eigenvalue weighted by Crippen LogP contribution is -2.19. The minimum atomic E-state index is -0.221. The van der Waals surface area contributed by atoms with Crippen molar-refractivity contribution in [3.8, 4) is 0 Å². The minimum absolute atomic E-state index is 0.221. The van der Waals surface area contributed by atoms with E-state index in [0.29, 0.717) is 22.5 Å². The summed E-state index contributed by atoms with van der Waals surface area (Å²) in [6.45, 7) is 5.85. The highest BCUT2D eigenvalue weighted by molar-refractivity contribution is 7.99. The molecule has 108 valence electrons. The second-order valence-corrected chi connectivity index (χ2v) is 6.06. The van der Waals surface area contributed by atoms with Gasteiger partial charge in [-0.3, -0.25) is 0 Å². The van der Waals surface area contributed by atoms with Crippen molar-refractivity contribution in [3.05, 3.63) is 35.9 Å². The molecule has 1 heterocycles. The van der Waals surface area contributed by atoms with Gasteiger partial charge in [0.05, 0.1) is 4.90 Å². The van der Waals surface area contributed by atoms with Crippen molar-refractivity contribution in [3.63, 3.8) is 0 Å². The van der Waals surface area contributed by atoms with Crippen LogP contribution in [0.5, 0.6) is 0 Å². The van der Waals surface area contributed by atoms with E-state index >= 15 is 0 Å². The van der Waals surface area contributed by atoms with Crippen molar-refractivity contribution in [1.29, 1.82) is 0 Å². The number of benzene rings is 1. The molecule has 0 fully saturated rings. The first-order valence-electron chi connectivity index (χ1n) is 6.58. The molecule has 0 saturated carbocycles. The van der Waals surface area contributed by atoms with Crippen molar-refractivity contribution < 1.29 is 4.39 Å². The van der Waals surface area contributed by atoms with Crippen LogP contribution in [0.4, 0.5) is 4.39 Å². The van der Waals surface area contributed by atoms with Crippen LogP contribution in [0.1, 0.15) is 19.4 Å². The Morgan fingerprint density at radius 3 is 2.85 bits per heavy atom. The second-order valence-electron chi connectivity index (χ2n) is 5.08. The van der Waals surface area contributed by atoms with Gasteiger partial charge in [0, 0.05) is 13.6 Å². The molecular weight excluding hydrogens is 275 g/mol. The van der Waals surface area contributed by atoms with E-state index in [9.17, 15) is 4.39 Å². The van der Waals surface area contributed by atoms with Gasteiger partial charge in [0.15, 0.2) is 5.16 Å². The Morgan fingerprint density at radius 2 is 2.20 bits per heavy atom. The fraction of sp³-hybridized carbons (Fsp3) is 0.429. The normalized spacial score (nSPS) is 11.2. The number of nitrogens with one attached hydrogen (secondary N) is 1. The zero-order chi connectivity index (χ0) is 14.5. The van der Waals surface area contributed by atoms with Crippen molar-refractivity contribution in [2.24, 2.45) is 13.0 Å². The maximum Gasteiger partial charge on any atom is 0.195 e. The first kappa shape index (κ1) is 15.0. The third kappa shape index (κ3) is 3.80. The quantitative estimate of drug-likeness (QED) is 0.889. The molecular formula is C14H19FN4S. The van der Waals surface area contributed by atoms with E-state index < -0.39 is 0 Å². The fourth-order valence-corrected chi connectivity index (χ4v) is 2.66. The molecule has 0 atom stereocenters. The molecule has 0 amide bonds. The van der Waals surface area contributed by atoms with E-state index in [1.54, 1.807) is 17.0 Å². The number of halogens is 1. The number of nitrogens with zero attached hydrogens (tertiary/aromatic N) is 3. The van der Waals surface area contributed by atoms with Gasteiger partial charge < -0.3 is 9.88 Å². The van der Waals surface area contributed by atoms with Gasteiger partial charge in [0.2, 0.25) is 0 Å². The largest absolute Gasteiger partial charge is 0.312 e. The molecule has 6 heteroatoms. The van der Waals surface area contributed by atoms with Crippen LogP contribution >= 0.6 is 11.8 Å². The van der Waals surface area contributed by atoms with Crippen molar-refractivity contribution in [2.45, 2.75) is 30.4 Å². The van der Waals surface area contributed by atoms with Gasteiger partial charge in [-0.1, -0.05) is 26.0 Å². The van der Waals surface area contributed by atoms with Crippen molar-refractivity contribution in [1.82, 2.24) is 20.1 Å². The summed E-state index contributed by atoms with van der Waals surface area (Å²) in [6, 6.07) is 5.15. The molecule has 0 saturated heterocycles. The van der Waals surface area contributed by atoms with Gasteiger partial charge in [-0.05, 0) is 35.9 Å². The van der Waals surface area contributed by atoms with Gasteiger partial charge in [0.25, 0.3) is 0 Å². The Morgan fingerprint density at radius 1 is 1.40 bits per heavy atom. The third-order valence-corrected chi connectivity index (χ3v) is 3.99. The maximum absolute atomic E-state index is 14.1. The van der Waals surface area contributed by atoms with Crippen molar-refractivity contribution >= 4 is 11.8 Å². The van der Waals surface area contributed by atoms with Crippen molar-refractivity contribution in [2.75, 3.05) is 6.54 Å². The van der Waals surface area contributed by atoms with E-state index in [1.165, 1.54) is 17.8 Å². The molecule has 1 N–H and O–H groups in total. The predicted octanol–water partition coefficient (Wildman–Crippen LogP) is 2.85. The molecule has 2 rings (SSSR count). The summed E-state index contributed by atoms with van der Waals surface area (Å²) < 4.78 is 15.8. The van der Waals surface area contributed by atoms with Crippen LogP contribution in [0, 0.1) is 11.7 Å². The number of aromatic nitrogens is 3. The standard InChI is InChI=1S/C14H19FN4S/c1-10(2)7-16-8-11-5-4-6-12(15)13(11)20-14-18-17-9-19(14)3/h4-6,9-10,16H,7-8H2,1-3H3. The summed E-state index contributed by atoms with van der Waals surface area (Å²) in [5.74, 6) is 0.347. The lowest BCUT2D eigenvalue weighted by Gasteiger charge is -2.12. The van der Waals surface area contributed by atoms with Gasteiger partial charge in [0.1, 0.15) is 12.1 Å². The van der Waals surface area contributed by atoms with E-state index in [-0.39, 0.29) is 5.82 Å². The van der Waals surface area contributed by atoms with Crippen LogP contribution in [0.2, 0.25) is 0 Å². The molecule has 2 aromatic rings. The minimum Gasteiger partial charge on any atom is -0.312 e. The third-order valence-electron chi connectivity index (χ3n) is 2.78. The number of hydrogen-bond donors (Lipinski definition) is 1. The van der Waals surface area contributed by atoms with E-state index in [0.717, 1.165) is 12.1 Å². The van der Waals surface area contributed by atoms with Crippen LogP contribution in [-0.2, 0) is 13.6 Å². The van der Waals surface area contributed by atoms with Crippen LogP contribution < -0.4 is 5.32 Å². The second kappa shape index (κ2) is 6.85. The van der Waals surface area contributed by atoms with Crippen LogP contribution in [-0.4, -0.2) is 21.3 Å². The van der Waals surface area contributed by atoms with Gasteiger partial charge >= 0.3 is 0 Å². The van der Waals surface area contributed by atoms with Crippen LogP contribution in [0.15, 0.2) is 34.6 Å². The molecule has 1 aromatic carbocycles. The number of aryl methyl sites for hydroxylation is 1. The highest BCUT2D eigenvalue weighted by Gasteiger charge is 2.13. The summed E-state index contributed by atoms with van der Waals surface area (Å²) in [6.07, 6.45) is 1.61. The summed E-state index contributed by atoms with van der Waals surface area (Å²) in [5, 5.41) is 11.8. The summed E-state index contributed by atoms with van der Waals surface area (Å²) in [5.41, 5.74) is 0.943.